The number of nitrogens with two attached hydrogens (primary N) is 1. The van der Waals surface area contributed by atoms with Crippen LogP contribution in [0.2, 0.25) is 0 Å². The SMILES string of the molecule is CC(CN)c1cc(O)c(F)c(Br)c1. The molecule has 72 valence electrons. The first-order valence-corrected chi connectivity index (χ1v) is 4.73. The Morgan fingerprint density at radius 2 is 2.23 bits per heavy atom. The third-order valence-electron chi connectivity index (χ3n) is 1.95. The van der Waals surface area contributed by atoms with Gasteiger partial charge >= 0.3 is 0 Å². The second-order valence-corrected chi connectivity index (χ2v) is 3.83. The molecule has 0 fully saturated rings. The number of aromatic hydroxyl groups is 1. The fourth-order valence-electron chi connectivity index (χ4n) is 1.02. The van der Waals surface area contributed by atoms with Gasteiger partial charge in [0.1, 0.15) is 0 Å². The molecule has 2 nitrogen and oxygen atoms in total. The fraction of sp³-hybridized carbons (Fsp3) is 0.333. The molecule has 0 radical (unpaired) electrons. The highest BCUT2D eigenvalue weighted by molar-refractivity contribution is 9.10. The van der Waals surface area contributed by atoms with Crippen LogP contribution in [0.15, 0.2) is 16.6 Å². The molecule has 4 heteroatoms. The molecule has 0 spiro atoms. The highest BCUT2D eigenvalue weighted by Gasteiger charge is 2.11. The summed E-state index contributed by atoms with van der Waals surface area (Å²) in [5, 5.41) is 9.18. The standard InChI is InChI=1S/C9H11BrFNO/c1-5(4-12)6-2-7(10)9(11)8(13)3-6/h2-3,5,13H,4,12H2,1H3. The van der Waals surface area contributed by atoms with Gasteiger partial charge in [-0.05, 0) is 46.1 Å². The lowest BCUT2D eigenvalue weighted by atomic mass is 10.0. The Morgan fingerprint density at radius 3 is 2.69 bits per heavy atom. The van der Waals surface area contributed by atoms with E-state index in [9.17, 15) is 9.50 Å². The minimum Gasteiger partial charge on any atom is -0.505 e. The molecule has 13 heavy (non-hydrogen) atoms. The zero-order chi connectivity index (χ0) is 10.0. The number of phenolic OH excluding ortho intramolecular Hbond substituents is 1. The third kappa shape index (κ3) is 2.19. The molecule has 0 aromatic heterocycles. The Bertz CT molecular complexity index is 293. The van der Waals surface area contributed by atoms with Gasteiger partial charge in [-0.1, -0.05) is 6.92 Å². The molecule has 1 rings (SSSR count). The predicted octanol–water partition coefficient (Wildman–Crippen LogP) is 2.36. The smallest absolute Gasteiger partial charge is 0.178 e. The first kappa shape index (κ1) is 10.5. The highest BCUT2D eigenvalue weighted by atomic mass is 79.9. The number of phenols is 1. The number of rotatable bonds is 2. The van der Waals surface area contributed by atoms with Crippen LogP contribution in [0.5, 0.6) is 5.75 Å². The molecule has 0 aliphatic heterocycles. The molecule has 0 heterocycles. The largest absolute Gasteiger partial charge is 0.505 e. The normalized spacial score (nSPS) is 12.9. The molecule has 3 N–H and O–H groups in total. The van der Waals surface area contributed by atoms with Gasteiger partial charge in [-0.15, -0.1) is 0 Å². The van der Waals surface area contributed by atoms with Crippen molar-refractivity contribution in [2.24, 2.45) is 5.73 Å². The van der Waals surface area contributed by atoms with E-state index in [-0.39, 0.29) is 16.1 Å². The monoisotopic (exact) mass is 247 g/mol. The average molecular weight is 248 g/mol. The van der Waals surface area contributed by atoms with Gasteiger partial charge in [0.05, 0.1) is 4.47 Å². The van der Waals surface area contributed by atoms with Crippen molar-refractivity contribution in [1.29, 1.82) is 0 Å². The van der Waals surface area contributed by atoms with Crippen molar-refractivity contribution in [2.45, 2.75) is 12.8 Å². The topological polar surface area (TPSA) is 46.2 Å². The lowest BCUT2D eigenvalue weighted by molar-refractivity contribution is 0.429. The van der Waals surface area contributed by atoms with E-state index >= 15 is 0 Å². The second-order valence-electron chi connectivity index (χ2n) is 2.97. The summed E-state index contributed by atoms with van der Waals surface area (Å²) in [5.74, 6) is -0.861. The Labute approximate surface area is 84.7 Å². The summed E-state index contributed by atoms with van der Waals surface area (Å²) in [6.07, 6.45) is 0. The van der Waals surface area contributed by atoms with E-state index in [1.807, 2.05) is 6.92 Å². The maximum Gasteiger partial charge on any atom is 0.178 e. The van der Waals surface area contributed by atoms with Crippen LogP contribution < -0.4 is 5.73 Å². The van der Waals surface area contributed by atoms with Gasteiger partial charge in [-0.3, -0.25) is 0 Å². The van der Waals surface area contributed by atoms with Crippen molar-refractivity contribution in [2.75, 3.05) is 6.54 Å². The van der Waals surface area contributed by atoms with Crippen molar-refractivity contribution in [3.8, 4) is 5.75 Å². The number of hydrogen-bond acceptors (Lipinski definition) is 2. The molecule has 1 aromatic rings. The van der Waals surface area contributed by atoms with Crippen LogP contribution in [0, 0.1) is 5.82 Å². The van der Waals surface area contributed by atoms with E-state index in [1.54, 1.807) is 6.07 Å². The molecular weight excluding hydrogens is 237 g/mol. The van der Waals surface area contributed by atoms with Gasteiger partial charge in [0.15, 0.2) is 11.6 Å². The lowest BCUT2D eigenvalue weighted by Gasteiger charge is -2.10. The van der Waals surface area contributed by atoms with Crippen molar-refractivity contribution >= 4 is 15.9 Å². The number of benzene rings is 1. The van der Waals surface area contributed by atoms with Crippen molar-refractivity contribution < 1.29 is 9.50 Å². The molecule has 0 aliphatic carbocycles. The first-order chi connectivity index (χ1) is 6.06. The zero-order valence-corrected chi connectivity index (χ0v) is 8.81. The second kappa shape index (κ2) is 4.07. The molecule has 1 aromatic carbocycles. The third-order valence-corrected chi connectivity index (χ3v) is 2.53. The van der Waals surface area contributed by atoms with Crippen molar-refractivity contribution in [1.82, 2.24) is 0 Å². The van der Waals surface area contributed by atoms with Crippen molar-refractivity contribution in [3.05, 3.63) is 28.0 Å². The van der Waals surface area contributed by atoms with Crippen LogP contribution in [0.25, 0.3) is 0 Å². The van der Waals surface area contributed by atoms with E-state index in [2.05, 4.69) is 15.9 Å². The van der Waals surface area contributed by atoms with E-state index in [0.29, 0.717) is 6.54 Å². The number of halogens is 2. The van der Waals surface area contributed by atoms with Gasteiger partial charge in [-0.2, -0.15) is 0 Å². The molecular formula is C9H11BrFNO. The Kier molecular flexibility index (Phi) is 3.27. The zero-order valence-electron chi connectivity index (χ0n) is 7.22. The van der Waals surface area contributed by atoms with Gasteiger partial charge in [0, 0.05) is 0 Å². The molecule has 0 amide bonds. The van der Waals surface area contributed by atoms with Gasteiger partial charge < -0.3 is 10.8 Å². The van der Waals surface area contributed by atoms with Crippen LogP contribution in [-0.4, -0.2) is 11.7 Å². The summed E-state index contributed by atoms with van der Waals surface area (Å²) in [5.41, 5.74) is 6.28. The minimum atomic E-state index is -0.632. The Hall–Kier alpha value is -0.610. The molecule has 0 bridgehead atoms. The highest BCUT2D eigenvalue weighted by Crippen LogP contribution is 2.29. The maximum atomic E-state index is 12.9. The van der Waals surface area contributed by atoms with Crippen LogP contribution >= 0.6 is 15.9 Å². The Balaban J connectivity index is 3.13. The maximum absolute atomic E-state index is 12.9. The van der Waals surface area contributed by atoms with E-state index in [1.165, 1.54) is 6.07 Å². The minimum absolute atomic E-state index is 0.114. The Morgan fingerprint density at radius 1 is 1.62 bits per heavy atom. The first-order valence-electron chi connectivity index (χ1n) is 3.94. The van der Waals surface area contributed by atoms with Crippen LogP contribution in [0.1, 0.15) is 18.4 Å². The summed E-state index contributed by atoms with van der Waals surface area (Å²) in [6.45, 7) is 2.39. The summed E-state index contributed by atoms with van der Waals surface area (Å²) in [7, 11) is 0. The summed E-state index contributed by atoms with van der Waals surface area (Å²) in [6, 6.07) is 3.03. The molecule has 1 atom stereocenters. The van der Waals surface area contributed by atoms with Crippen molar-refractivity contribution in [3.63, 3.8) is 0 Å². The van der Waals surface area contributed by atoms with Crippen LogP contribution in [-0.2, 0) is 0 Å². The summed E-state index contributed by atoms with van der Waals surface area (Å²) >= 11 is 3.02. The van der Waals surface area contributed by atoms with Gasteiger partial charge in [0.2, 0.25) is 0 Å². The summed E-state index contributed by atoms with van der Waals surface area (Å²) < 4.78 is 13.2. The molecule has 0 aliphatic rings. The molecule has 0 saturated heterocycles. The quantitative estimate of drug-likeness (QED) is 0.843. The van der Waals surface area contributed by atoms with E-state index < -0.39 is 5.82 Å². The summed E-state index contributed by atoms with van der Waals surface area (Å²) in [4.78, 5) is 0. The van der Waals surface area contributed by atoms with E-state index in [4.69, 9.17) is 5.73 Å². The molecule has 1 unspecified atom stereocenters. The van der Waals surface area contributed by atoms with Crippen LogP contribution in [0.3, 0.4) is 0 Å². The lowest BCUT2D eigenvalue weighted by Crippen LogP contribution is -2.08. The number of hydrogen-bond donors (Lipinski definition) is 2. The fourth-order valence-corrected chi connectivity index (χ4v) is 1.48. The van der Waals surface area contributed by atoms with Gasteiger partial charge in [-0.25, -0.2) is 4.39 Å². The van der Waals surface area contributed by atoms with Crippen LogP contribution in [0.4, 0.5) is 4.39 Å². The van der Waals surface area contributed by atoms with E-state index in [0.717, 1.165) is 5.56 Å². The molecule has 0 saturated carbocycles. The average Bonchev–Trinajstić information content (AvgIpc) is 2.12. The predicted molar refractivity (Wildman–Crippen MR) is 53.2 cm³/mol. The van der Waals surface area contributed by atoms with Gasteiger partial charge in [0.25, 0.3) is 0 Å².